The van der Waals surface area contributed by atoms with Crippen molar-refractivity contribution in [1.29, 1.82) is 0 Å². The van der Waals surface area contributed by atoms with Crippen LogP contribution in [0.15, 0.2) is 18.2 Å². The van der Waals surface area contributed by atoms with Crippen LogP contribution in [0.4, 0.5) is 14.9 Å². The first-order valence-electron chi connectivity index (χ1n) is 6.01. The fraction of sp³-hybridized carbons (Fsp3) is 0.385. The summed E-state index contributed by atoms with van der Waals surface area (Å²) >= 11 is 0. The molecule has 1 aromatic carbocycles. The molecule has 0 aliphatic heterocycles. The van der Waals surface area contributed by atoms with Gasteiger partial charge >= 0.3 is 12.0 Å². The van der Waals surface area contributed by atoms with Gasteiger partial charge in [0, 0.05) is 6.54 Å². The number of carboxylic acids is 1. The van der Waals surface area contributed by atoms with Crippen molar-refractivity contribution in [1.82, 2.24) is 5.32 Å². The summed E-state index contributed by atoms with van der Waals surface area (Å²) in [6.07, 6.45) is 0.932. The van der Waals surface area contributed by atoms with E-state index in [1.165, 1.54) is 12.1 Å². The molecule has 0 saturated heterocycles. The quantitative estimate of drug-likeness (QED) is 0.768. The molecule has 1 rings (SSSR count). The number of carbonyl (C=O) groups excluding carboxylic acids is 1. The lowest BCUT2D eigenvalue weighted by molar-refractivity contribution is 0.0696. The molecule has 1 aromatic rings. The first kappa shape index (κ1) is 14.9. The molecule has 0 spiro atoms. The first-order valence-corrected chi connectivity index (χ1v) is 6.01. The molecular weight excluding hydrogens is 251 g/mol. The smallest absolute Gasteiger partial charge is 0.335 e. The lowest BCUT2D eigenvalue weighted by Crippen LogP contribution is -2.32. The standard InChI is InChI=1S/C13H17FN2O3/c1-3-8(2)7-15-13(19)16-11-5-4-9(12(17)18)6-10(11)14/h4-6,8H,3,7H2,1-2H3,(H,17,18)(H2,15,16,19). The number of hydrogen-bond donors (Lipinski definition) is 3. The van der Waals surface area contributed by atoms with Crippen molar-refractivity contribution in [3.63, 3.8) is 0 Å². The maximum Gasteiger partial charge on any atom is 0.335 e. The molecule has 0 bridgehead atoms. The molecule has 6 heteroatoms. The SMILES string of the molecule is CCC(C)CNC(=O)Nc1ccc(C(=O)O)cc1F. The second kappa shape index (κ2) is 6.72. The number of rotatable bonds is 5. The molecule has 0 fully saturated rings. The molecule has 0 saturated carbocycles. The molecule has 0 aliphatic carbocycles. The van der Waals surface area contributed by atoms with Crippen LogP contribution in [0.1, 0.15) is 30.6 Å². The molecule has 104 valence electrons. The zero-order chi connectivity index (χ0) is 14.4. The summed E-state index contributed by atoms with van der Waals surface area (Å²) in [6, 6.07) is 2.81. The van der Waals surface area contributed by atoms with Gasteiger partial charge in [-0.15, -0.1) is 0 Å². The van der Waals surface area contributed by atoms with Crippen molar-refractivity contribution in [2.45, 2.75) is 20.3 Å². The Morgan fingerprint density at radius 2 is 2.11 bits per heavy atom. The van der Waals surface area contributed by atoms with Crippen LogP contribution in [0, 0.1) is 11.7 Å². The zero-order valence-corrected chi connectivity index (χ0v) is 10.9. The third kappa shape index (κ3) is 4.57. The average Bonchev–Trinajstić information content (AvgIpc) is 2.38. The Hall–Kier alpha value is -2.11. The van der Waals surface area contributed by atoms with Crippen molar-refractivity contribution in [3.8, 4) is 0 Å². The van der Waals surface area contributed by atoms with Gasteiger partial charge in [-0.2, -0.15) is 0 Å². The average molecular weight is 268 g/mol. The Kier molecular flexibility index (Phi) is 5.29. The summed E-state index contributed by atoms with van der Waals surface area (Å²) in [7, 11) is 0. The van der Waals surface area contributed by atoms with E-state index in [1.54, 1.807) is 0 Å². The maximum atomic E-state index is 13.5. The van der Waals surface area contributed by atoms with Gasteiger partial charge in [0.15, 0.2) is 0 Å². The van der Waals surface area contributed by atoms with E-state index in [4.69, 9.17) is 5.11 Å². The van der Waals surface area contributed by atoms with Crippen LogP contribution in [-0.2, 0) is 0 Å². The van der Waals surface area contributed by atoms with E-state index in [0.29, 0.717) is 12.5 Å². The normalized spacial score (nSPS) is 11.7. The van der Waals surface area contributed by atoms with Crippen LogP contribution in [0.2, 0.25) is 0 Å². The third-order valence-electron chi connectivity index (χ3n) is 2.77. The van der Waals surface area contributed by atoms with Gasteiger partial charge in [-0.05, 0) is 24.1 Å². The summed E-state index contributed by atoms with van der Waals surface area (Å²) in [5, 5.41) is 13.6. The van der Waals surface area contributed by atoms with Gasteiger partial charge in [0.05, 0.1) is 11.3 Å². The third-order valence-corrected chi connectivity index (χ3v) is 2.77. The fourth-order valence-corrected chi connectivity index (χ4v) is 1.33. The number of urea groups is 1. The van der Waals surface area contributed by atoms with Gasteiger partial charge in [-0.3, -0.25) is 0 Å². The highest BCUT2D eigenvalue weighted by Crippen LogP contribution is 2.15. The number of carboxylic acid groups (broad SMARTS) is 1. The second-order valence-corrected chi connectivity index (χ2v) is 4.35. The van der Waals surface area contributed by atoms with Gasteiger partial charge in [-0.1, -0.05) is 20.3 Å². The van der Waals surface area contributed by atoms with Gasteiger partial charge in [0.2, 0.25) is 0 Å². The van der Waals surface area contributed by atoms with E-state index in [0.717, 1.165) is 12.5 Å². The van der Waals surface area contributed by atoms with Gasteiger partial charge in [0.1, 0.15) is 5.82 Å². The predicted molar refractivity (Wildman–Crippen MR) is 69.8 cm³/mol. The van der Waals surface area contributed by atoms with Crippen molar-refractivity contribution >= 4 is 17.7 Å². The number of carbonyl (C=O) groups is 2. The van der Waals surface area contributed by atoms with Crippen LogP contribution >= 0.6 is 0 Å². The van der Waals surface area contributed by atoms with Crippen LogP contribution in [0.3, 0.4) is 0 Å². The van der Waals surface area contributed by atoms with Gasteiger partial charge < -0.3 is 15.7 Å². The van der Waals surface area contributed by atoms with Crippen LogP contribution < -0.4 is 10.6 Å². The Bertz CT molecular complexity index is 477. The summed E-state index contributed by atoms with van der Waals surface area (Å²) in [5.41, 5.74) is -0.213. The van der Waals surface area contributed by atoms with E-state index in [1.807, 2.05) is 13.8 Å². The Labute approximate surface area is 110 Å². The Morgan fingerprint density at radius 3 is 2.63 bits per heavy atom. The summed E-state index contributed by atoms with van der Waals surface area (Å²) in [5.74, 6) is -1.66. The molecule has 1 atom stereocenters. The molecule has 0 aliphatic rings. The molecule has 2 amide bonds. The van der Waals surface area contributed by atoms with E-state index in [-0.39, 0.29) is 11.3 Å². The maximum absolute atomic E-state index is 13.5. The van der Waals surface area contributed by atoms with Gasteiger partial charge in [0.25, 0.3) is 0 Å². The van der Waals surface area contributed by atoms with Crippen molar-refractivity contribution < 1.29 is 19.1 Å². The lowest BCUT2D eigenvalue weighted by atomic mass is 10.1. The minimum atomic E-state index is -1.22. The number of amides is 2. The molecular formula is C13H17FN2O3. The number of nitrogens with one attached hydrogen (secondary N) is 2. The van der Waals surface area contributed by atoms with E-state index >= 15 is 0 Å². The molecule has 19 heavy (non-hydrogen) atoms. The molecule has 3 N–H and O–H groups in total. The van der Waals surface area contributed by atoms with E-state index in [9.17, 15) is 14.0 Å². The van der Waals surface area contributed by atoms with E-state index < -0.39 is 17.8 Å². The minimum Gasteiger partial charge on any atom is -0.478 e. The van der Waals surface area contributed by atoms with Crippen molar-refractivity contribution in [2.75, 3.05) is 11.9 Å². The lowest BCUT2D eigenvalue weighted by Gasteiger charge is -2.11. The minimum absolute atomic E-state index is 0.0494. The molecule has 0 aromatic heterocycles. The van der Waals surface area contributed by atoms with Crippen LogP contribution in [0.25, 0.3) is 0 Å². The van der Waals surface area contributed by atoms with Crippen molar-refractivity contribution in [2.24, 2.45) is 5.92 Å². The molecule has 0 radical (unpaired) electrons. The summed E-state index contributed by atoms with van der Waals surface area (Å²) in [4.78, 5) is 22.1. The highest BCUT2D eigenvalue weighted by atomic mass is 19.1. The number of benzene rings is 1. The predicted octanol–water partition coefficient (Wildman–Crippen LogP) is 2.69. The van der Waals surface area contributed by atoms with E-state index in [2.05, 4.69) is 10.6 Å². The largest absolute Gasteiger partial charge is 0.478 e. The number of aromatic carboxylic acids is 1. The number of anilines is 1. The van der Waals surface area contributed by atoms with Crippen molar-refractivity contribution in [3.05, 3.63) is 29.6 Å². The Morgan fingerprint density at radius 1 is 1.42 bits per heavy atom. The fourth-order valence-electron chi connectivity index (χ4n) is 1.33. The molecule has 0 heterocycles. The summed E-state index contributed by atoms with van der Waals surface area (Å²) in [6.45, 7) is 4.49. The number of hydrogen-bond acceptors (Lipinski definition) is 2. The first-order chi connectivity index (χ1) is 8.93. The summed E-state index contributed by atoms with van der Waals surface area (Å²) < 4.78 is 13.5. The highest BCUT2D eigenvalue weighted by molar-refractivity contribution is 5.91. The monoisotopic (exact) mass is 268 g/mol. The molecule has 1 unspecified atom stereocenters. The topological polar surface area (TPSA) is 78.4 Å². The Balaban J connectivity index is 2.62. The second-order valence-electron chi connectivity index (χ2n) is 4.35. The zero-order valence-electron chi connectivity index (χ0n) is 10.9. The van der Waals surface area contributed by atoms with Gasteiger partial charge in [-0.25, -0.2) is 14.0 Å². The van der Waals surface area contributed by atoms with Crippen LogP contribution in [0.5, 0.6) is 0 Å². The number of halogens is 1. The molecule has 5 nitrogen and oxygen atoms in total. The highest BCUT2D eigenvalue weighted by Gasteiger charge is 2.11. The van der Waals surface area contributed by atoms with Crippen LogP contribution in [-0.4, -0.2) is 23.7 Å².